The molecule has 2 atom stereocenters. The fourth-order valence-electron chi connectivity index (χ4n) is 4.15. The predicted octanol–water partition coefficient (Wildman–Crippen LogP) is 2.46. The van der Waals surface area contributed by atoms with Crippen LogP contribution in [0.25, 0.3) is 6.08 Å². The Morgan fingerprint density at radius 2 is 1.77 bits per heavy atom. The Balaban J connectivity index is 1.25. The van der Waals surface area contributed by atoms with Crippen LogP contribution in [0.2, 0.25) is 0 Å². The quantitative estimate of drug-likeness (QED) is 0.772. The zero-order valence-corrected chi connectivity index (χ0v) is 17.5. The van der Waals surface area contributed by atoms with Gasteiger partial charge in [0, 0.05) is 38.3 Å². The first-order chi connectivity index (χ1) is 14.7. The normalized spacial score (nSPS) is 22.5. The van der Waals surface area contributed by atoms with Crippen LogP contribution in [0.1, 0.15) is 23.6 Å². The second-order valence-corrected chi connectivity index (χ2v) is 7.81. The molecule has 0 spiro atoms. The van der Waals surface area contributed by atoms with Crippen molar-refractivity contribution in [2.45, 2.75) is 18.5 Å². The smallest absolute Gasteiger partial charge is 0.241 e. The van der Waals surface area contributed by atoms with E-state index in [4.69, 9.17) is 4.74 Å². The molecule has 2 unspecified atom stereocenters. The fraction of sp³-hybridized carbons (Fsp3) is 0.375. The van der Waals surface area contributed by atoms with Crippen molar-refractivity contribution in [3.63, 3.8) is 0 Å². The first-order valence-corrected chi connectivity index (χ1v) is 10.6. The van der Waals surface area contributed by atoms with Crippen LogP contribution in [0, 0.1) is 0 Å². The van der Waals surface area contributed by atoms with Gasteiger partial charge in [-0.25, -0.2) is 10.9 Å². The van der Waals surface area contributed by atoms with E-state index in [0.29, 0.717) is 0 Å². The number of benzene rings is 2. The average molecular weight is 407 g/mol. The number of carbonyl (C=O) groups is 1. The van der Waals surface area contributed by atoms with Crippen LogP contribution in [-0.2, 0) is 4.79 Å². The SMILES string of the molecule is COc1ccccc1C1CC(C(=O)N2CCN(C/C=C/c3ccccc3)CC2)NN1. The van der Waals surface area contributed by atoms with Gasteiger partial charge in [-0.15, -0.1) is 0 Å². The third-order valence-corrected chi connectivity index (χ3v) is 5.87. The molecule has 0 saturated carbocycles. The molecule has 2 fully saturated rings. The third-order valence-electron chi connectivity index (χ3n) is 5.87. The molecule has 158 valence electrons. The van der Waals surface area contributed by atoms with E-state index in [2.05, 4.69) is 52.2 Å². The van der Waals surface area contributed by atoms with E-state index in [1.807, 2.05) is 35.2 Å². The summed E-state index contributed by atoms with van der Waals surface area (Å²) in [6, 6.07) is 18.2. The number of hydrazine groups is 1. The number of nitrogens with zero attached hydrogens (tertiary/aromatic N) is 2. The van der Waals surface area contributed by atoms with Crippen molar-refractivity contribution in [1.29, 1.82) is 0 Å². The van der Waals surface area contributed by atoms with E-state index in [9.17, 15) is 4.79 Å². The molecule has 2 aromatic carbocycles. The van der Waals surface area contributed by atoms with Crippen LogP contribution >= 0.6 is 0 Å². The molecule has 4 rings (SSSR count). The minimum absolute atomic E-state index is 0.0690. The van der Waals surface area contributed by atoms with Gasteiger partial charge in [0.1, 0.15) is 11.8 Å². The summed E-state index contributed by atoms with van der Waals surface area (Å²) in [4.78, 5) is 17.4. The highest BCUT2D eigenvalue weighted by molar-refractivity contribution is 5.82. The summed E-state index contributed by atoms with van der Waals surface area (Å²) in [5, 5.41) is 0. The zero-order valence-electron chi connectivity index (χ0n) is 17.5. The second-order valence-electron chi connectivity index (χ2n) is 7.81. The number of amides is 1. The first kappa shape index (κ1) is 20.6. The summed E-state index contributed by atoms with van der Waals surface area (Å²) in [5.74, 6) is 1.03. The van der Waals surface area contributed by atoms with Gasteiger partial charge in [0.05, 0.1) is 13.2 Å². The van der Waals surface area contributed by atoms with Crippen molar-refractivity contribution in [3.8, 4) is 5.75 Å². The lowest BCUT2D eigenvalue weighted by Gasteiger charge is -2.35. The van der Waals surface area contributed by atoms with E-state index in [1.54, 1.807) is 7.11 Å². The number of methoxy groups -OCH3 is 1. The molecular formula is C24H30N4O2. The summed E-state index contributed by atoms with van der Waals surface area (Å²) in [7, 11) is 1.68. The van der Waals surface area contributed by atoms with Crippen LogP contribution in [0.15, 0.2) is 60.7 Å². The molecule has 2 aliphatic rings. The molecule has 30 heavy (non-hydrogen) atoms. The van der Waals surface area contributed by atoms with E-state index in [0.717, 1.165) is 50.5 Å². The van der Waals surface area contributed by atoms with Gasteiger partial charge in [0.25, 0.3) is 0 Å². The van der Waals surface area contributed by atoms with E-state index < -0.39 is 0 Å². The van der Waals surface area contributed by atoms with Crippen LogP contribution in [0.3, 0.4) is 0 Å². The minimum Gasteiger partial charge on any atom is -0.496 e. The topological polar surface area (TPSA) is 56.8 Å². The number of nitrogens with one attached hydrogen (secondary N) is 2. The number of carbonyl (C=O) groups excluding carboxylic acids is 1. The average Bonchev–Trinajstić information content (AvgIpc) is 3.30. The highest BCUT2D eigenvalue weighted by atomic mass is 16.5. The summed E-state index contributed by atoms with van der Waals surface area (Å²) in [6.07, 6.45) is 5.08. The van der Waals surface area contributed by atoms with Crippen molar-refractivity contribution in [2.75, 3.05) is 39.8 Å². The van der Waals surface area contributed by atoms with Gasteiger partial charge in [-0.2, -0.15) is 0 Å². The van der Waals surface area contributed by atoms with Crippen LogP contribution < -0.4 is 15.6 Å². The summed E-state index contributed by atoms with van der Waals surface area (Å²) in [6.45, 7) is 4.27. The number of para-hydroxylation sites is 1. The zero-order chi connectivity index (χ0) is 20.8. The summed E-state index contributed by atoms with van der Waals surface area (Å²) >= 11 is 0. The lowest BCUT2D eigenvalue weighted by molar-refractivity contribution is -0.134. The Morgan fingerprint density at radius 3 is 2.53 bits per heavy atom. The molecule has 6 nitrogen and oxygen atoms in total. The van der Waals surface area contributed by atoms with E-state index >= 15 is 0 Å². The minimum atomic E-state index is -0.204. The monoisotopic (exact) mass is 406 g/mol. The van der Waals surface area contributed by atoms with Gasteiger partial charge < -0.3 is 9.64 Å². The molecular weight excluding hydrogens is 376 g/mol. The molecule has 1 amide bonds. The maximum atomic E-state index is 13.0. The molecule has 2 saturated heterocycles. The fourth-order valence-corrected chi connectivity index (χ4v) is 4.15. The molecule has 0 aliphatic carbocycles. The Kier molecular flexibility index (Phi) is 6.79. The molecule has 2 aromatic rings. The van der Waals surface area contributed by atoms with Crippen LogP contribution in [-0.4, -0.2) is 61.6 Å². The van der Waals surface area contributed by atoms with Gasteiger partial charge in [0.15, 0.2) is 0 Å². The Bertz CT molecular complexity index is 863. The number of ether oxygens (including phenoxy) is 1. The van der Waals surface area contributed by atoms with Crippen molar-refractivity contribution in [1.82, 2.24) is 20.7 Å². The lowest BCUT2D eigenvalue weighted by Crippen LogP contribution is -2.53. The maximum Gasteiger partial charge on any atom is 0.241 e. The first-order valence-electron chi connectivity index (χ1n) is 10.6. The number of hydrogen-bond acceptors (Lipinski definition) is 5. The van der Waals surface area contributed by atoms with Crippen molar-refractivity contribution in [2.24, 2.45) is 0 Å². The number of piperazine rings is 1. The molecule has 0 radical (unpaired) electrons. The van der Waals surface area contributed by atoms with Crippen molar-refractivity contribution < 1.29 is 9.53 Å². The third kappa shape index (κ3) is 4.90. The highest BCUT2D eigenvalue weighted by Gasteiger charge is 2.34. The predicted molar refractivity (Wildman–Crippen MR) is 119 cm³/mol. The summed E-state index contributed by atoms with van der Waals surface area (Å²) < 4.78 is 5.47. The molecule has 2 N–H and O–H groups in total. The van der Waals surface area contributed by atoms with Gasteiger partial charge in [-0.05, 0) is 18.1 Å². The van der Waals surface area contributed by atoms with E-state index in [-0.39, 0.29) is 18.0 Å². The van der Waals surface area contributed by atoms with Gasteiger partial charge in [-0.3, -0.25) is 9.69 Å². The Labute approximate surface area is 178 Å². The number of rotatable bonds is 6. The van der Waals surface area contributed by atoms with Crippen molar-refractivity contribution in [3.05, 3.63) is 71.8 Å². The Morgan fingerprint density at radius 1 is 1.03 bits per heavy atom. The van der Waals surface area contributed by atoms with Crippen LogP contribution in [0.5, 0.6) is 5.75 Å². The van der Waals surface area contributed by atoms with Gasteiger partial charge in [0.2, 0.25) is 5.91 Å². The summed E-state index contributed by atoms with van der Waals surface area (Å²) in [5.41, 5.74) is 8.77. The van der Waals surface area contributed by atoms with Gasteiger partial charge >= 0.3 is 0 Å². The molecule has 2 aliphatic heterocycles. The van der Waals surface area contributed by atoms with E-state index in [1.165, 1.54) is 5.56 Å². The lowest BCUT2D eigenvalue weighted by atomic mass is 10.0. The van der Waals surface area contributed by atoms with Crippen molar-refractivity contribution >= 4 is 12.0 Å². The molecule has 0 aromatic heterocycles. The standard InChI is InChI=1S/C24H30N4O2/c1-30-23-12-6-5-11-20(23)21-18-22(26-25-21)24(29)28-16-14-27(15-17-28)13-7-10-19-8-3-2-4-9-19/h2-12,21-22,25-26H,13-18H2,1H3/b10-7+. The Hall–Kier alpha value is -2.67. The largest absolute Gasteiger partial charge is 0.496 e. The molecule has 0 bridgehead atoms. The number of hydrogen-bond donors (Lipinski definition) is 2. The second kappa shape index (κ2) is 9.89. The molecule has 2 heterocycles. The molecule has 6 heteroatoms. The maximum absolute atomic E-state index is 13.0. The van der Waals surface area contributed by atoms with Crippen LogP contribution in [0.4, 0.5) is 0 Å². The van der Waals surface area contributed by atoms with Gasteiger partial charge in [-0.1, -0.05) is 60.7 Å². The highest BCUT2D eigenvalue weighted by Crippen LogP contribution is 2.30.